The summed E-state index contributed by atoms with van der Waals surface area (Å²) in [4.78, 5) is 33.9. The zero-order valence-electron chi connectivity index (χ0n) is 12.6. The Bertz CT molecular complexity index is 410. The normalized spacial score (nSPS) is 36.1. The molecule has 1 aliphatic heterocycles. The molecule has 0 aromatic rings. The van der Waals surface area contributed by atoms with E-state index in [-0.39, 0.29) is 48.5 Å². The van der Waals surface area contributed by atoms with Crippen molar-refractivity contribution in [1.82, 2.24) is 5.32 Å². The summed E-state index contributed by atoms with van der Waals surface area (Å²) in [5.74, 6) is -0.240. The van der Waals surface area contributed by atoms with E-state index in [9.17, 15) is 19.6 Å². The minimum absolute atomic E-state index is 0.138. The molecule has 1 heterocycles. The van der Waals surface area contributed by atoms with E-state index in [1.54, 1.807) is 0 Å². The summed E-state index contributed by atoms with van der Waals surface area (Å²) >= 11 is 0. The fraction of sp³-hybridized carbons (Fsp3) is 0.867. The first-order valence-electron chi connectivity index (χ1n) is 7.74. The maximum absolute atomic E-state index is 11.4. The lowest BCUT2D eigenvalue weighted by atomic mass is 9.69. The van der Waals surface area contributed by atoms with E-state index in [0.29, 0.717) is 12.3 Å². The Hall–Kier alpha value is -1.30. The van der Waals surface area contributed by atoms with Gasteiger partial charge in [-0.3, -0.25) is 14.9 Å². The number of aliphatic hydroxyl groups is 1. The highest BCUT2D eigenvalue weighted by atomic mass is 16.3. The Morgan fingerprint density at radius 3 is 2.43 bits per heavy atom. The Labute approximate surface area is 124 Å². The molecule has 0 aromatic carbocycles. The van der Waals surface area contributed by atoms with Gasteiger partial charge < -0.3 is 5.11 Å². The van der Waals surface area contributed by atoms with Gasteiger partial charge in [0.25, 0.3) is 0 Å². The third-order valence-corrected chi connectivity index (χ3v) is 4.89. The van der Waals surface area contributed by atoms with Gasteiger partial charge in [-0.1, -0.05) is 19.0 Å². The molecular formula is C15H24N2O4. The summed E-state index contributed by atoms with van der Waals surface area (Å²) in [6.45, 7) is 4.12. The number of hydrogen-bond acceptors (Lipinski definition) is 5. The van der Waals surface area contributed by atoms with Crippen LogP contribution in [0.15, 0.2) is 5.18 Å². The number of nitrogens with one attached hydrogen (secondary N) is 1. The number of carbonyl (C=O) groups is 2. The molecule has 2 amide bonds. The standard InChI is InChI=1S/C15H24N2O4/c1-8-3-9(2)15(17-21)11(4-8)12(18)5-10-6-13(19)16-14(20)7-10/h8-12,15,18H,3-7H2,1-2H3,(H,16,19,20)/t8-,9-,11-,12+,15?/m0/s1. The molecular weight excluding hydrogens is 272 g/mol. The van der Waals surface area contributed by atoms with E-state index in [2.05, 4.69) is 17.4 Å². The van der Waals surface area contributed by atoms with Crippen LogP contribution in [0.1, 0.15) is 46.0 Å². The minimum atomic E-state index is -0.679. The SMILES string of the molecule is C[C@@H]1C[C@@H]([C@H](O)CC2CC(=O)NC(=O)C2)C(N=O)[C@@H](C)C1. The Morgan fingerprint density at radius 2 is 1.86 bits per heavy atom. The molecule has 0 bridgehead atoms. The molecule has 21 heavy (non-hydrogen) atoms. The van der Waals surface area contributed by atoms with Gasteiger partial charge in [-0.15, -0.1) is 0 Å². The van der Waals surface area contributed by atoms with Gasteiger partial charge in [0.05, 0.1) is 12.1 Å². The van der Waals surface area contributed by atoms with Crippen LogP contribution in [0.2, 0.25) is 0 Å². The van der Waals surface area contributed by atoms with E-state index in [0.717, 1.165) is 12.8 Å². The molecule has 1 aliphatic carbocycles. The van der Waals surface area contributed by atoms with Crippen LogP contribution in [0.5, 0.6) is 0 Å². The van der Waals surface area contributed by atoms with Crippen molar-refractivity contribution in [2.45, 2.75) is 58.1 Å². The summed E-state index contributed by atoms with van der Waals surface area (Å²) in [7, 11) is 0. The van der Waals surface area contributed by atoms with Crippen LogP contribution in [0.4, 0.5) is 0 Å². The molecule has 0 radical (unpaired) electrons. The molecule has 1 saturated heterocycles. The van der Waals surface area contributed by atoms with Gasteiger partial charge in [-0.2, -0.15) is 4.91 Å². The third kappa shape index (κ3) is 3.87. The number of amides is 2. The van der Waals surface area contributed by atoms with Gasteiger partial charge in [0, 0.05) is 18.8 Å². The third-order valence-electron chi connectivity index (χ3n) is 4.89. The molecule has 2 rings (SSSR count). The quantitative estimate of drug-likeness (QED) is 0.608. The predicted molar refractivity (Wildman–Crippen MR) is 77.1 cm³/mol. The molecule has 2 fully saturated rings. The van der Waals surface area contributed by atoms with Gasteiger partial charge in [0.2, 0.25) is 11.8 Å². The number of imide groups is 1. The first-order chi connectivity index (χ1) is 9.90. The molecule has 6 nitrogen and oxygen atoms in total. The number of hydrogen-bond donors (Lipinski definition) is 2. The van der Waals surface area contributed by atoms with E-state index in [1.807, 2.05) is 6.92 Å². The molecule has 0 aromatic heterocycles. The number of aliphatic hydroxyl groups excluding tert-OH is 1. The van der Waals surface area contributed by atoms with Gasteiger partial charge in [-0.05, 0) is 37.0 Å². The highest BCUT2D eigenvalue weighted by Crippen LogP contribution is 2.39. The molecule has 1 unspecified atom stereocenters. The van der Waals surface area contributed by atoms with Crippen molar-refractivity contribution in [2.75, 3.05) is 0 Å². The van der Waals surface area contributed by atoms with Gasteiger partial charge in [-0.25, -0.2) is 0 Å². The summed E-state index contributed by atoms with van der Waals surface area (Å²) in [5, 5.41) is 16.0. The topological polar surface area (TPSA) is 95.8 Å². The molecule has 2 aliphatic rings. The van der Waals surface area contributed by atoms with Crippen LogP contribution in [0, 0.1) is 28.6 Å². The Balaban J connectivity index is 2.00. The smallest absolute Gasteiger partial charge is 0.226 e. The number of nitroso groups, excluding NO2 is 1. The van der Waals surface area contributed by atoms with Crippen molar-refractivity contribution in [1.29, 1.82) is 0 Å². The lowest BCUT2D eigenvalue weighted by Crippen LogP contribution is -2.43. The second-order valence-electron chi connectivity index (χ2n) is 6.86. The van der Waals surface area contributed by atoms with E-state index in [1.165, 1.54) is 0 Å². The van der Waals surface area contributed by atoms with Crippen molar-refractivity contribution in [3.05, 3.63) is 4.91 Å². The average Bonchev–Trinajstić information content (AvgIpc) is 2.36. The molecule has 5 atom stereocenters. The van der Waals surface area contributed by atoms with Crippen LogP contribution in [0.25, 0.3) is 0 Å². The van der Waals surface area contributed by atoms with Crippen LogP contribution in [-0.2, 0) is 9.59 Å². The molecule has 118 valence electrons. The lowest BCUT2D eigenvalue weighted by molar-refractivity contribution is -0.135. The number of piperidine rings is 1. The highest BCUT2D eigenvalue weighted by Gasteiger charge is 2.40. The van der Waals surface area contributed by atoms with Gasteiger partial charge in [0.15, 0.2) is 0 Å². The van der Waals surface area contributed by atoms with Crippen LogP contribution < -0.4 is 5.32 Å². The highest BCUT2D eigenvalue weighted by molar-refractivity contribution is 5.97. The molecule has 1 saturated carbocycles. The van der Waals surface area contributed by atoms with E-state index < -0.39 is 6.10 Å². The summed E-state index contributed by atoms with van der Waals surface area (Å²) < 4.78 is 0. The number of nitrogens with zero attached hydrogens (tertiary/aromatic N) is 1. The fourth-order valence-electron chi connectivity index (χ4n) is 4.00. The maximum Gasteiger partial charge on any atom is 0.226 e. The Kier molecular flexibility index (Phi) is 5.08. The van der Waals surface area contributed by atoms with Crippen molar-refractivity contribution in [3.8, 4) is 0 Å². The summed E-state index contributed by atoms with van der Waals surface area (Å²) in [6.07, 6.45) is 1.95. The molecule has 0 spiro atoms. The number of carbonyl (C=O) groups excluding carboxylic acids is 2. The average molecular weight is 296 g/mol. The largest absolute Gasteiger partial charge is 0.393 e. The first kappa shape index (κ1) is 16.1. The van der Waals surface area contributed by atoms with Crippen LogP contribution >= 0.6 is 0 Å². The fourth-order valence-corrected chi connectivity index (χ4v) is 4.00. The van der Waals surface area contributed by atoms with Crippen molar-refractivity contribution >= 4 is 11.8 Å². The lowest BCUT2D eigenvalue weighted by Gasteiger charge is -2.39. The first-order valence-corrected chi connectivity index (χ1v) is 7.74. The van der Waals surface area contributed by atoms with Crippen LogP contribution in [-0.4, -0.2) is 29.1 Å². The predicted octanol–water partition coefficient (Wildman–Crippen LogP) is 1.61. The molecule has 2 N–H and O–H groups in total. The van der Waals surface area contributed by atoms with E-state index in [4.69, 9.17) is 0 Å². The summed E-state index contributed by atoms with van der Waals surface area (Å²) in [6, 6.07) is -0.371. The van der Waals surface area contributed by atoms with Crippen LogP contribution in [0.3, 0.4) is 0 Å². The number of rotatable bonds is 4. The zero-order chi connectivity index (χ0) is 15.6. The maximum atomic E-state index is 11.4. The van der Waals surface area contributed by atoms with E-state index >= 15 is 0 Å². The zero-order valence-corrected chi connectivity index (χ0v) is 12.6. The van der Waals surface area contributed by atoms with Gasteiger partial charge in [0.1, 0.15) is 0 Å². The van der Waals surface area contributed by atoms with Crippen molar-refractivity contribution < 1.29 is 14.7 Å². The Morgan fingerprint density at radius 1 is 1.24 bits per heavy atom. The second kappa shape index (κ2) is 6.64. The second-order valence-corrected chi connectivity index (χ2v) is 6.86. The monoisotopic (exact) mass is 296 g/mol. The van der Waals surface area contributed by atoms with Crippen molar-refractivity contribution in [3.63, 3.8) is 0 Å². The van der Waals surface area contributed by atoms with Gasteiger partial charge >= 0.3 is 0 Å². The summed E-state index contributed by atoms with van der Waals surface area (Å²) in [5.41, 5.74) is 0. The van der Waals surface area contributed by atoms with Crippen molar-refractivity contribution in [2.24, 2.45) is 28.8 Å². The molecule has 6 heteroatoms. The minimum Gasteiger partial charge on any atom is -0.393 e.